The van der Waals surface area contributed by atoms with Crippen LogP contribution in [-0.2, 0) is 4.74 Å². The third-order valence-electron chi connectivity index (χ3n) is 4.83. The fourth-order valence-electron chi connectivity index (χ4n) is 3.50. The highest BCUT2D eigenvalue weighted by atomic mass is 16.5. The van der Waals surface area contributed by atoms with Crippen LogP contribution in [-0.4, -0.2) is 68.3 Å². The van der Waals surface area contributed by atoms with Gasteiger partial charge in [0, 0.05) is 44.8 Å². The normalized spacial score (nSPS) is 30.2. The Morgan fingerprint density at radius 2 is 2.05 bits per heavy atom. The molecule has 4 heteroatoms. The first-order chi connectivity index (χ1) is 10.3. The van der Waals surface area contributed by atoms with Crippen LogP contribution in [0, 0.1) is 0 Å². The zero-order valence-electron chi connectivity index (χ0n) is 13.2. The van der Waals surface area contributed by atoms with E-state index in [4.69, 9.17) is 4.74 Å². The van der Waals surface area contributed by atoms with Crippen LogP contribution >= 0.6 is 0 Å². The molecule has 0 amide bonds. The van der Waals surface area contributed by atoms with Gasteiger partial charge in [-0.15, -0.1) is 0 Å². The van der Waals surface area contributed by atoms with Gasteiger partial charge in [0.2, 0.25) is 0 Å². The van der Waals surface area contributed by atoms with Crippen LogP contribution in [0.3, 0.4) is 0 Å². The number of hydrogen-bond acceptors (Lipinski definition) is 4. The van der Waals surface area contributed by atoms with Gasteiger partial charge in [0.25, 0.3) is 0 Å². The van der Waals surface area contributed by atoms with E-state index in [1.54, 1.807) is 0 Å². The quantitative estimate of drug-likeness (QED) is 0.909. The van der Waals surface area contributed by atoms with E-state index in [0.717, 1.165) is 39.3 Å². The van der Waals surface area contributed by atoms with E-state index in [1.165, 1.54) is 5.56 Å². The lowest BCUT2D eigenvalue weighted by Crippen LogP contribution is -2.56. The predicted octanol–water partition coefficient (Wildman–Crippen LogP) is 1.35. The second-order valence-electron chi connectivity index (χ2n) is 6.28. The summed E-state index contributed by atoms with van der Waals surface area (Å²) in [6, 6.07) is 11.8. The highest BCUT2D eigenvalue weighted by molar-refractivity contribution is 5.20. The predicted molar refractivity (Wildman–Crippen MR) is 85.5 cm³/mol. The first-order valence-electron chi connectivity index (χ1n) is 8.07. The maximum absolute atomic E-state index is 5.99. The van der Waals surface area contributed by atoms with Crippen LogP contribution in [0.5, 0.6) is 0 Å². The Labute approximate surface area is 128 Å². The van der Waals surface area contributed by atoms with Crippen molar-refractivity contribution in [3.05, 3.63) is 35.9 Å². The molecule has 3 rings (SSSR count). The van der Waals surface area contributed by atoms with Crippen molar-refractivity contribution in [2.75, 3.05) is 46.4 Å². The third-order valence-corrected chi connectivity index (χ3v) is 4.83. The molecule has 21 heavy (non-hydrogen) atoms. The molecule has 3 atom stereocenters. The van der Waals surface area contributed by atoms with E-state index in [1.807, 2.05) is 0 Å². The van der Waals surface area contributed by atoms with Crippen molar-refractivity contribution in [1.82, 2.24) is 15.1 Å². The van der Waals surface area contributed by atoms with Gasteiger partial charge in [0.1, 0.15) is 0 Å². The summed E-state index contributed by atoms with van der Waals surface area (Å²) in [6.07, 6.45) is 0.299. The second kappa shape index (κ2) is 6.88. The Hall–Kier alpha value is -0.940. The van der Waals surface area contributed by atoms with E-state index in [-0.39, 0.29) is 0 Å². The molecule has 2 aliphatic rings. The minimum atomic E-state index is 0.299. The lowest BCUT2D eigenvalue weighted by molar-refractivity contribution is -0.0530. The fraction of sp³-hybridized carbons (Fsp3) is 0.647. The van der Waals surface area contributed by atoms with Crippen molar-refractivity contribution in [3.63, 3.8) is 0 Å². The summed E-state index contributed by atoms with van der Waals surface area (Å²) in [6.45, 7) is 8.43. The Balaban J connectivity index is 1.77. The van der Waals surface area contributed by atoms with Crippen LogP contribution in [0.15, 0.2) is 30.3 Å². The Kier molecular flexibility index (Phi) is 4.91. The highest BCUT2D eigenvalue weighted by Gasteiger charge is 2.34. The smallest absolute Gasteiger partial charge is 0.0852 e. The lowest BCUT2D eigenvalue weighted by atomic mass is 9.98. The average Bonchev–Trinajstić information content (AvgIpc) is 2.56. The van der Waals surface area contributed by atoms with Crippen molar-refractivity contribution < 1.29 is 4.74 Å². The lowest BCUT2D eigenvalue weighted by Gasteiger charge is -2.46. The summed E-state index contributed by atoms with van der Waals surface area (Å²) in [5, 5.41) is 3.46. The molecule has 1 aromatic carbocycles. The van der Waals surface area contributed by atoms with Gasteiger partial charge in [-0.1, -0.05) is 30.3 Å². The van der Waals surface area contributed by atoms with Gasteiger partial charge in [-0.2, -0.15) is 0 Å². The monoisotopic (exact) mass is 289 g/mol. The van der Waals surface area contributed by atoms with E-state index in [0.29, 0.717) is 18.2 Å². The molecule has 0 radical (unpaired) electrons. The van der Waals surface area contributed by atoms with Crippen LogP contribution in [0.2, 0.25) is 0 Å². The first kappa shape index (κ1) is 15.0. The minimum absolute atomic E-state index is 0.299. The van der Waals surface area contributed by atoms with Crippen LogP contribution in [0.4, 0.5) is 0 Å². The largest absolute Gasteiger partial charge is 0.374 e. The summed E-state index contributed by atoms with van der Waals surface area (Å²) < 4.78 is 5.99. The number of ether oxygens (including phenoxy) is 1. The highest BCUT2D eigenvalue weighted by Crippen LogP contribution is 2.28. The maximum atomic E-state index is 5.99. The van der Waals surface area contributed by atoms with E-state index >= 15 is 0 Å². The van der Waals surface area contributed by atoms with E-state index in [2.05, 4.69) is 59.4 Å². The maximum Gasteiger partial charge on any atom is 0.0852 e. The molecular formula is C17H27N3O. The number of hydrogen-bond donors (Lipinski definition) is 1. The molecule has 0 aliphatic carbocycles. The number of piperazine rings is 1. The molecule has 0 saturated carbocycles. The van der Waals surface area contributed by atoms with Gasteiger partial charge in [0.05, 0.1) is 12.7 Å². The topological polar surface area (TPSA) is 27.7 Å². The summed E-state index contributed by atoms with van der Waals surface area (Å²) >= 11 is 0. The van der Waals surface area contributed by atoms with Crippen LogP contribution in [0.1, 0.15) is 18.5 Å². The van der Waals surface area contributed by atoms with Gasteiger partial charge >= 0.3 is 0 Å². The SMILES string of the molecule is CC(C1CNCCO1)N1CCN(C)CC1c1ccccc1. The molecule has 116 valence electrons. The number of morpholine rings is 1. The molecule has 0 aromatic heterocycles. The fourth-order valence-corrected chi connectivity index (χ4v) is 3.50. The Morgan fingerprint density at radius 3 is 2.76 bits per heavy atom. The number of nitrogens with one attached hydrogen (secondary N) is 1. The minimum Gasteiger partial charge on any atom is -0.374 e. The van der Waals surface area contributed by atoms with Crippen molar-refractivity contribution in [2.24, 2.45) is 0 Å². The van der Waals surface area contributed by atoms with Gasteiger partial charge in [-0.3, -0.25) is 4.90 Å². The molecular weight excluding hydrogens is 262 g/mol. The van der Waals surface area contributed by atoms with Gasteiger partial charge < -0.3 is 15.0 Å². The summed E-state index contributed by atoms with van der Waals surface area (Å²) in [4.78, 5) is 5.06. The summed E-state index contributed by atoms with van der Waals surface area (Å²) in [5.41, 5.74) is 1.42. The number of likely N-dealkylation sites (N-methyl/N-ethyl adjacent to an activating group) is 1. The first-order valence-corrected chi connectivity index (χ1v) is 8.07. The zero-order valence-corrected chi connectivity index (χ0v) is 13.2. The third kappa shape index (κ3) is 3.46. The van der Waals surface area contributed by atoms with E-state index in [9.17, 15) is 0 Å². The van der Waals surface area contributed by atoms with Crippen molar-refractivity contribution >= 4 is 0 Å². The molecule has 2 heterocycles. The van der Waals surface area contributed by atoms with Crippen LogP contribution in [0.25, 0.3) is 0 Å². The summed E-state index contributed by atoms with van der Waals surface area (Å²) in [5.74, 6) is 0. The zero-order chi connectivity index (χ0) is 14.7. The van der Waals surface area contributed by atoms with Crippen molar-refractivity contribution in [3.8, 4) is 0 Å². The molecule has 1 aromatic rings. The molecule has 3 unspecified atom stereocenters. The summed E-state index contributed by atoms with van der Waals surface area (Å²) in [7, 11) is 2.22. The number of benzene rings is 1. The molecule has 0 bridgehead atoms. The van der Waals surface area contributed by atoms with Gasteiger partial charge in [-0.05, 0) is 19.5 Å². The Morgan fingerprint density at radius 1 is 1.24 bits per heavy atom. The molecule has 2 saturated heterocycles. The van der Waals surface area contributed by atoms with Crippen molar-refractivity contribution in [2.45, 2.75) is 25.1 Å². The van der Waals surface area contributed by atoms with E-state index < -0.39 is 0 Å². The molecule has 0 spiro atoms. The van der Waals surface area contributed by atoms with Gasteiger partial charge in [-0.25, -0.2) is 0 Å². The Bertz CT molecular complexity index is 433. The number of rotatable bonds is 3. The standard InChI is InChI=1S/C17H27N3O/c1-14(17-12-18-8-11-21-17)20-10-9-19(2)13-16(20)15-6-4-3-5-7-15/h3-7,14,16-18H,8-13H2,1-2H3. The van der Waals surface area contributed by atoms with Crippen LogP contribution < -0.4 is 5.32 Å². The molecule has 1 N–H and O–H groups in total. The van der Waals surface area contributed by atoms with Crippen molar-refractivity contribution in [1.29, 1.82) is 0 Å². The average molecular weight is 289 g/mol. The molecule has 2 aliphatic heterocycles. The second-order valence-corrected chi connectivity index (χ2v) is 6.28. The molecule has 4 nitrogen and oxygen atoms in total. The van der Waals surface area contributed by atoms with Gasteiger partial charge in [0.15, 0.2) is 0 Å². The molecule has 2 fully saturated rings. The number of nitrogens with zero attached hydrogens (tertiary/aromatic N) is 2.